The van der Waals surface area contributed by atoms with Gasteiger partial charge in [0.25, 0.3) is 0 Å². The van der Waals surface area contributed by atoms with E-state index in [4.69, 9.17) is 18.9 Å². The van der Waals surface area contributed by atoms with E-state index >= 15 is 0 Å². The summed E-state index contributed by atoms with van der Waals surface area (Å²) < 4.78 is 24.3. The third-order valence-corrected chi connectivity index (χ3v) is 8.24. The lowest BCUT2D eigenvalue weighted by molar-refractivity contribution is -0.136. The molecule has 3 aromatic carbocycles. The number of esters is 1. The van der Waals surface area contributed by atoms with Crippen LogP contribution in [0.2, 0.25) is 0 Å². The molecule has 1 heterocycles. The average Bonchev–Trinajstić information content (AvgIpc) is 3.03. The van der Waals surface area contributed by atoms with Crippen molar-refractivity contribution >= 4 is 63.4 Å². The number of nitriles is 1. The van der Waals surface area contributed by atoms with Gasteiger partial charge >= 0.3 is 12.0 Å². The summed E-state index contributed by atoms with van der Waals surface area (Å²) in [4.78, 5) is 24.6. The third kappa shape index (κ3) is 8.79. The van der Waals surface area contributed by atoms with Gasteiger partial charge in [-0.05, 0) is 100 Å². The number of aliphatic hydroxyl groups is 1. The minimum Gasteiger partial charge on any atom is -0.490 e. The lowest BCUT2D eigenvalue weighted by Gasteiger charge is -2.28. The Morgan fingerprint density at radius 1 is 1.13 bits per heavy atom. The zero-order valence-electron chi connectivity index (χ0n) is 25.1. The van der Waals surface area contributed by atoms with Crippen LogP contribution in [0, 0.1) is 18.5 Å². The molecular weight excluding hydrogens is 820 g/mol. The number of aliphatic hydroxyl groups excluding tert-OH is 1. The lowest BCUT2D eigenvalue weighted by atomic mass is 9.95. The number of nitrogens with one attached hydrogen (secondary N) is 3. The molecule has 14 heteroatoms. The normalized spacial score (nSPS) is 15.0. The molecule has 3 aromatic rings. The van der Waals surface area contributed by atoms with Gasteiger partial charge in [0, 0.05) is 11.3 Å². The number of carbonyl (C=O) groups is 2. The molecule has 0 fully saturated rings. The van der Waals surface area contributed by atoms with Crippen LogP contribution in [-0.2, 0) is 16.1 Å². The summed E-state index contributed by atoms with van der Waals surface area (Å²) in [5, 5.41) is 29.3. The number of hydrogen-bond donors (Lipinski definition) is 4. The molecule has 0 spiro atoms. The zero-order valence-corrected chi connectivity index (χ0v) is 29.4. The number of amides is 2. The maximum absolute atomic E-state index is 12.5. The third-order valence-electron chi connectivity index (χ3n) is 6.64. The molecule has 0 saturated heterocycles. The van der Waals surface area contributed by atoms with Gasteiger partial charge in [0.15, 0.2) is 17.7 Å². The maximum atomic E-state index is 12.5. The van der Waals surface area contributed by atoms with Crippen molar-refractivity contribution in [3.63, 3.8) is 0 Å². The zero-order chi connectivity index (χ0) is 33.2. The van der Waals surface area contributed by atoms with Crippen LogP contribution >= 0.6 is 45.2 Å². The molecule has 0 unspecified atom stereocenters. The van der Waals surface area contributed by atoms with Gasteiger partial charge in [-0.1, -0.05) is 24.3 Å². The fraction of sp³-hybridized carbons (Fsp3) is 0.250. The summed E-state index contributed by atoms with van der Waals surface area (Å²) in [5.74, 6) is 0.856. The van der Waals surface area contributed by atoms with Gasteiger partial charge in [-0.2, -0.15) is 10.4 Å². The van der Waals surface area contributed by atoms with Crippen LogP contribution in [-0.4, -0.2) is 49.9 Å². The number of rotatable bonds is 13. The van der Waals surface area contributed by atoms with Crippen molar-refractivity contribution in [2.24, 2.45) is 5.10 Å². The molecule has 0 radical (unpaired) electrons. The van der Waals surface area contributed by atoms with Gasteiger partial charge < -0.3 is 34.7 Å². The first-order valence-corrected chi connectivity index (χ1v) is 16.1. The molecule has 1 aliphatic rings. The van der Waals surface area contributed by atoms with Gasteiger partial charge in [-0.3, -0.25) is 5.43 Å². The highest BCUT2D eigenvalue weighted by molar-refractivity contribution is 14.1. The first kappa shape index (κ1) is 34.8. The maximum Gasteiger partial charge on any atom is 0.337 e. The van der Waals surface area contributed by atoms with Gasteiger partial charge in [0.1, 0.15) is 19.0 Å². The highest BCUT2D eigenvalue weighted by Gasteiger charge is 2.32. The van der Waals surface area contributed by atoms with Crippen molar-refractivity contribution in [2.75, 3.05) is 20.3 Å². The second kappa shape index (κ2) is 16.5. The Hall–Kier alpha value is -4.08. The second-order valence-electron chi connectivity index (χ2n) is 9.79. The molecule has 12 nitrogen and oxygen atoms in total. The molecular formula is C32H31I2N5O7. The molecule has 1 aliphatic heterocycles. The highest BCUT2D eigenvalue weighted by atomic mass is 127. The fourth-order valence-electron chi connectivity index (χ4n) is 4.52. The van der Waals surface area contributed by atoms with E-state index in [1.54, 1.807) is 37.4 Å². The molecule has 0 aromatic heterocycles. The number of benzene rings is 3. The van der Waals surface area contributed by atoms with Crippen molar-refractivity contribution in [1.29, 1.82) is 5.26 Å². The van der Waals surface area contributed by atoms with E-state index in [9.17, 15) is 20.0 Å². The van der Waals surface area contributed by atoms with Crippen LogP contribution in [0.25, 0.3) is 0 Å². The van der Waals surface area contributed by atoms with E-state index in [2.05, 4.69) is 72.4 Å². The van der Waals surface area contributed by atoms with Crippen LogP contribution in [0.5, 0.6) is 17.2 Å². The first-order chi connectivity index (χ1) is 22.1. The van der Waals surface area contributed by atoms with E-state index in [0.717, 1.165) is 18.3 Å². The molecule has 4 N–H and O–H groups in total. The smallest absolute Gasteiger partial charge is 0.337 e. The van der Waals surface area contributed by atoms with Gasteiger partial charge in [0.05, 0.1) is 50.3 Å². The molecule has 0 aliphatic carbocycles. The predicted octanol–water partition coefficient (Wildman–Crippen LogP) is 4.87. The monoisotopic (exact) mass is 851 g/mol. The average molecular weight is 851 g/mol. The molecule has 240 valence electrons. The van der Waals surface area contributed by atoms with E-state index < -0.39 is 24.3 Å². The number of urea groups is 1. The van der Waals surface area contributed by atoms with Crippen LogP contribution in [0.3, 0.4) is 0 Å². The standard InChI is InChI=1S/C32H31I2N5O7/c1-4-44-26-13-20(29-28(31(41)43-3)18(2)37-32(42)38-29)9-10-25(26)45-17-27(40)39-36-15-19-11-23(33)30(24(34)12-19)46-16-22-8-6-5-7-21(22)14-35/h5-13,15,27,29,39-40H,4,16-17H2,1-3H3,(H2,37,38,42)/b36-15-/t27-,29-/m0/s1. The largest absolute Gasteiger partial charge is 0.490 e. The van der Waals surface area contributed by atoms with E-state index in [1.165, 1.54) is 7.11 Å². The van der Waals surface area contributed by atoms with Crippen LogP contribution in [0.15, 0.2) is 71.0 Å². The molecule has 4 rings (SSSR count). The highest BCUT2D eigenvalue weighted by Crippen LogP contribution is 2.35. The summed E-state index contributed by atoms with van der Waals surface area (Å²) in [5.41, 5.74) is 6.05. The van der Waals surface area contributed by atoms with Crippen molar-refractivity contribution in [1.82, 2.24) is 16.1 Å². The molecule has 0 saturated carbocycles. The number of allylic oxidation sites excluding steroid dienone is 1. The topological polar surface area (TPSA) is 164 Å². The summed E-state index contributed by atoms with van der Waals surface area (Å²) in [6.45, 7) is 3.88. The number of ether oxygens (including phenoxy) is 4. The molecule has 2 amide bonds. The molecule has 46 heavy (non-hydrogen) atoms. The Labute approximate surface area is 293 Å². The van der Waals surface area contributed by atoms with Crippen LogP contribution < -0.4 is 30.3 Å². The van der Waals surface area contributed by atoms with Crippen LogP contribution in [0.1, 0.15) is 42.1 Å². The Morgan fingerprint density at radius 3 is 2.57 bits per heavy atom. The fourth-order valence-corrected chi connectivity index (χ4v) is 6.64. The van der Waals surface area contributed by atoms with E-state index in [-0.39, 0.29) is 18.8 Å². The Bertz CT molecular complexity index is 1680. The molecule has 2 atom stereocenters. The van der Waals surface area contributed by atoms with Gasteiger partial charge in [-0.15, -0.1) is 0 Å². The van der Waals surface area contributed by atoms with Crippen molar-refractivity contribution in [2.45, 2.75) is 32.7 Å². The number of hydrazone groups is 1. The Balaban J connectivity index is 1.37. The Kier molecular flexibility index (Phi) is 12.5. The van der Waals surface area contributed by atoms with Gasteiger partial charge in [-0.25, -0.2) is 9.59 Å². The predicted molar refractivity (Wildman–Crippen MR) is 186 cm³/mol. The van der Waals surface area contributed by atoms with Crippen molar-refractivity contribution in [3.8, 4) is 23.3 Å². The quantitative estimate of drug-likeness (QED) is 0.0619. The summed E-state index contributed by atoms with van der Waals surface area (Å²) in [7, 11) is 1.27. The SMILES string of the molecule is CCOc1cc([C@@H]2NC(=O)NC(C)=C2C(=O)OC)ccc1OC[C@H](O)N/N=C\c1cc(I)c(OCc2ccccc2C#N)c(I)c1. The van der Waals surface area contributed by atoms with E-state index in [1.807, 2.05) is 37.3 Å². The summed E-state index contributed by atoms with van der Waals surface area (Å²) >= 11 is 4.37. The lowest BCUT2D eigenvalue weighted by Crippen LogP contribution is -2.45. The van der Waals surface area contributed by atoms with Crippen molar-refractivity contribution in [3.05, 3.63) is 95.3 Å². The number of methoxy groups -OCH3 is 1. The second-order valence-corrected chi connectivity index (χ2v) is 12.1. The minimum atomic E-state index is -1.15. The number of carbonyl (C=O) groups excluding carboxylic acids is 2. The summed E-state index contributed by atoms with van der Waals surface area (Å²) in [6, 6.07) is 17.1. The number of halogens is 2. The number of hydrogen-bond acceptors (Lipinski definition) is 10. The minimum absolute atomic E-state index is 0.153. The van der Waals surface area contributed by atoms with E-state index in [0.29, 0.717) is 40.7 Å². The van der Waals surface area contributed by atoms with Crippen LogP contribution in [0.4, 0.5) is 4.79 Å². The Morgan fingerprint density at radius 2 is 1.87 bits per heavy atom. The summed E-state index contributed by atoms with van der Waals surface area (Å²) in [6.07, 6.45) is 0.427. The molecule has 0 bridgehead atoms. The van der Waals surface area contributed by atoms with Gasteiger partial charge in [0.2, 0.25) is 0 Å². The van der Waals surface area contributed by atoms with Crippen molar-refractivity contribution < 1.29 is 33.6 Å². The number of nitrogens with zero attached hydrogens (tertiary/aromatic N) is 2. The first-order valence-electron chi connectivity index (χ1n) is 14.0.